The molecule has 2 aliphatic rings. The van der Waals surface area contributed by atoms with Crippen LogP contribution in [0.1, 0.15) is 33.1 Å². The molecule has 2 aromatic heterocycles. The van der Waals surface area contributed by atoms with Gasteiger partial charge in [0.1, 0.15) is 6.33 Å². The fourth-order valence-electron chi connectivity index (χ4n) is 4.05. The van der Waals surface area contributed by atoms with Crippen LogP contribution in [-0.4, -0.2) is 32.5 Å². The highest BCUT2D eigenvalue weighted by atomic mass is 16.2. The predicted octanol–water partition coefficient (Wildman–Crippen LogP) is 1.61. The Hall–Kier alpha value is -2.44. The molecule has 3 unspecified atom stereocenters. The third kappa shape index (κ3) is 2.35. The second-order valence-electron chi connectivity index (χ2n) is 7.42. The lowest BCUT2D eigenvalue weighted by atomic mass is 9.68. The van der Waals surface area contributed by atoms with E-state index in [0.717, 1.165) is 30.6 Å². The Balaban J connectivity index is 1.48. The average molecular weight is 327 g/mol. The van der Waals surface area contributed by atoms with Crippen LogP contribution in [0.2, 0.25) is 0 Å². The first kappa shape index (κ1) is 15.1. The standard InChI is InChI=1S/C17H21N5O2/c1-17(2)12-7-10(3-5-13(12)20-16(17)24)15(23)19-11-4-6-14-21-18-9-22(14)8-11/h4,6,8-10,12-13H,3,5,7H2,1-2H3,(H,19,23)(H,20,24). The molecule has 1 aliphatic heterocycles. The third-order valence-electron chi connectivity index (χ3n) is 5.61. The van der Waals surface area contributed by atoms with Crippen LogP contribution < -0.4 is 10.6 Å². The lowest BCUT2D eigenvalue weighted by Crippen LogP contribution is -2.39. The first-order chi connectivity index (χ1) is 11.4. The number of fused-ring (bicyclic) bond motifs is 2. The smallest absolute Gasteiger partial charge is 0.227 e. The van der Waals surface area contributed by atoms with Gasteiger partial charge in [0, 0.05) is 23.6 Å². The minimum Gasteiger partial charge on any atom is -0.353 e. The monoisotopic (exact) mass is 327 g/mol. The van der Waals surface area contributed by atoms with E-state index in [1.54, 1.807) is 10.7 Å². The molecule has 0 aromatic carbocycles. The number of nitrogens with zero attached hydrogens (tertiary/aromatic N) is 3. The summed E-state index contributed by atoms with van der Waals surface area (Å²) in [5.41, 5.74) is 1.07. The first-order valence-corrected chi connectivity index (χ1v) is 8.36. The number of hydrogen-bond donors (Lipinski definition) is 2. The maximum Gasteiger partial charge on any atom is 0.227 e. The normalized spacial score (nSPS) is 28.4. The van der Waals surface area contributed by atoms with Crippen molar-refractivity contribution in [1.29, 1.82) is 0 Å². The van der Waals surface area contributed by atoms with E-state index in [1.807, 2.05) is 32.2 Å². The minimum absolute atomic E-state index is 0.0241. The molecule has 126 valence electrons. The Kier molecular flexibility index (Phi) is 3.33. The van der Waals surface area contributed by atoms with Crippen molar-refractivity contribution in [2.75, 3.05) is 5.32 Å². The summed E-state index contributed by atoms with van der Waals surface area (Å²) in [7, 11) is 0. The van der Waals surface area contributed by atoms with Crippen LogP contribution in [-0.2, 0) is 9.59 Å². The fourth-order valence-corrected chi connectivity index (χ4v) is 4.05. The van der Waals surface area contributed by atoms with E-state index in [-0.39, 0.29) is 29.7 Å². The van der Waals surface area contributed by atoms with E-state index in [4.69, 9.17) is 0 Å². The Bertz CT molecular complexity index is 812. The zero-order chi connectivity index (χ0) is 16.9. The molecule has 2 amide bonds. The SMILES string of the molecule is CC1(C)C(=O)NC2CCC(C(=O)Nc3ccc4nncn4c3)CC21. The number of hydrogen-bond acceptors (Lipinski definition) is 4. The first-order valence-electron chi connectivity index (χ1n) is 8.36. The second-order valence-corrected chi connectivity index (χ2v) is 7.42. The van der Waals surface area contributed by atoms with Gasteiger partial charge < -0.3 is 10.6 Å². The summed E-state index contributed by atoms with van der Waals surface area (Å²) < 4.78 is 1.77. The predicted molar refractivity (Wildman–Crippen MR) is 88.2 cm³/mol. The topological polar surface area (TPSA) is 88.4 Å². The maximum atomic E-state index is 12.7. The van der Waals surface area contributed by atoms with Gasteiger partial charge >= 0.3 is 0 Å². The summed E-state index contributed by atoms with van der Waals surface area (Å²) >= 11 is 0. The molecule has 4 rings (SSSR count). The molecule has 7 heteroatoms. The molecule has 2 fully saturated rings. The summed E-state index contributed by atoms with van der Waals surface area (Å²) in [5, 5.41) is 13.9. The van der Waals surface area contributed by atoms with Crippen molar-refractivity contribution in [3.63, 3.8) is 0 Å². The highest BCUT2D eigenvalue weighted by Gasteiger charge is 2.51. The highest BCUT2D eigenvalue weighted by molar-refractivity contribution is 5.93. The number of rotatable bonds is 2. The molecule has 24 heavy (non-hydrogen) atoms. The number of aromatic nitrogens is 3. The quantitative estimate of drug-likeness (QED) is 0.877. The fraction of sp³-hybridized carbons (Fsp3) is 0.529. The van der Waals surface area contributed by atoms with Crippen LogP contribution in [0.3, 0.4) is 0 Å². The Morgan fingerprint density at radius 2 is 2.21 bits per heavy atom. The van der Waals surface area contributed by atoms with Crippen molar-refractivity contribution >= 4 is 23.1 Å². The maximum absolute atomic E-state index is 12.7. The molecular formula is C17H21N5O2. The van der Waals surface area contributed by atoms with E-state index < -0.39 is 5.41 Å². The summed E-state index contributed by atoms with van der Waals surface area (Å²) in [6.45, 7) is 3.96. The minimum atomic E-state index is -0.398. The van der Waals surface area contributed by atoms with E-state index in [1.165, 1.54) is 0 Å². The molecular weight excluding hydrogens is 306 g/mol. The Morgan fingerprint density at radius 3 is 3.04 bits per heavy atom. The van der Waals surface area contributed by atoms with Crippen molar-refractivity contribution < 1.29 is 9.59 Å². The number of carbonyl (C=O) groups excluding carboxylic acids is 2. The number of carbonyl (C=O) groups is 2. The van der Waals surface area contributed by atoms with Gasteiger partial charge in [-0.3, -0.25) is 14.0 Å². The number of amides is 2. The lowest BCUT2D eigenvalue weighted by Gasteiger charge is -2.35. The number of pyridine rings is 1. The van der Waals surface area contributed by atoms with E-state index in [9.17, 15) is 9.59 Å². The van der Waals surface area contributed by atoms with Gasteiger partial charge in [-0.05, 0) is 37.3 Å². The largest absolute Gasteiger partial charge is 0.353 e. The van der Waals surface area contributed by atoms with Crippen molar-refractivity contribution in [2.24, 2.45) is 17.3 Å². The van der Waals surface area contributed by atoms with E-state index in [0.29, 0.717) is 0 Å². The van der Waals surface area contributed by atoms with Crippen molar-refractivity contribution in [1.82, 2.24) is 19.9 Å². The molecule has 1 saturated carbocycles. The van der Waals surface area contributed by atoms with Crippen LogP contribution in [0, 0.1) is 17.3 Å². The zero-order valence-electron chi connectivity index (χ0n) is 13.8. The van der Waals surface area contributed by atoms with Crippen LogP contribution in [0.4, 0.5) is 5.69 Å². The van der Waals surface area contributed by atoms with E-state index in [2.05, 4.69) is 20.8 Å². The van der Waals surface area contributed by atoms with Crippen molar-refractivity contribution in [3.8, 4) is 0 Å². The summed E-state index contributed by atoms with van der Waals surface area (Å²) in [6.07, 6.45) is 5.83. The second kappa shape index (κ2) is 5.29. The Morgan fingerprint density at radius 1 is 1.38 bits per heavy atom. The summed E-state index contributed by atoms with van der Waals surface area (Å²) in [5.74, 6) is 0.289. The molecule has 0 radical (unpaired) electrons. The number of nitrogens with one attached hydrogen (secondary N) is 2. The average Bonchev–Trinajstić information content (AvgIpc) is 3.10. The van der Waals surface area contributed by atoms with Crippen molar-refractivity contribution in [2.45, 2.75) is 39.2 Å². The van der Waals surface area contributed by atoms with Gasteiger partial charge in [-0.1, -0.05) is 13.8 Å². The molecule has 3 heterocycles. The lowest BCUT2D eigenvalue weighted by molar-refractivity contribution is -0.128. The zero-order valence-corrected chi connectivity index (χ0v) is 13.8. The Labute approximate surface area is 139 Å². The van der Waals surface area contributed by atoms with Gasteiger partial charge in [0.05, 0.1) is 5.69 Å². The van der Waals surface area contributed by atoms with Crippen LogP contribution in [0.15, 0.2) is 24.7 Å². The van der Waals surface area contributed by atoms with E-state index >= 15 is 0 Å². The van der Waals surface area contributed by atoms with Crippen LogP contribution in [0.25, 0.3) is 5.65 Å². The number of anilines is 1. The molecule has 2 N–H and O–H groups in total. The third-order valence-corrected chi connectivity index (χ3v) is 5.61. The van der Waals surface area contributed by atoms with Crippen molar-refractivity contribution in [3.05, 3.63) is 24.7 Å². The molecule has 1 saturated heterocycles. The van der Waals surface area contributed by atoms with Gasteiger partial charge in [0.15, 0.2) is 5.65 Å². The van der Waals surface area contributed by atoms with Crippen LogP contribution >= 0.6 is 0 Å². The van der Waals surface area contributed by atoms with Gasteiger partial charge in [0.25, 0.3) is 0 Å². The highest BCUT2D eigenvalue weighted by Crippen LogP contribution is 2.45. The molecule has 2 aromatic rings. The van der Waals surface area contributed by atoms with Crippen LogP contribution in [0.5, 0.6) is 0 Å². The molecule has 0 bridgehead atoms. The summed E-state index contributed by atoms with van der Waals surface area (Å²) in [4.78, 5) is 24.8. The molecule has 1 aliphatic carbocycles. The van der Waals surface area contributed by atoms with Gasteiger partial charge in [0.2, 0.25) is 11.8 Å². The molecule has 0 spiro atoms. The molecule has 7 nitrogen and oxygen atoms in total. The molecule has 3 atom stereocenters. The van der Waals surface area contributed by atoms with Gasteiger partial charge in [-0.25, -0.2) is 0 Å². The summed E-state index contributed by atoms with van der Waals surface area (Å²) in [6, 6.07) is 3.87. The van der Waals surface area contributed by atoms with Gasteiger partial charge in [-0.15, -0.1) is 10.2 Å². The van der Waals surface area contributed by atoms with Gasteiger partial charge in [-0.2, -0.15) is 0 Å².